The number of carbonyl (C=O) groups is 1. The average molecular weight is 376 g/mol. The summed E-state index contributed by atoms with van der Waals surface area (Å²) < 4.78 is 5.15. The van der Waals surface area contributed by atoms with Crippen molar-refractivity contribution < 1.29 is 9.53 Å². The van der Waals surface area contributed by atoms with Crippen molar-refractivity contribution in [2.75, 3.05) is 24.3 Å². The molecule has 3 aromatic rings. The second-order valence-electron chi connectivity index (χ2n) is 6.59. The lowest BCUT2D eigenvalue weighted by Crippen LogP contribution is -2.14. The van der Waals surface area contributed by atoms with Crippen molar-refractivity contribution in [2.24, 2.45) is 0 Å². The van der Waals surface area contributed by atoms with Crippen LogP contribution in [0.4, 0.5) is 11.6 Å². The zero-order valence-electron chi connectivity index (χ0n) is 16.3. The van der Waals surface area contributed by atoms with Crippen LogP contribution in [-0.2, 0) is 6.42 Å². The summed E-state index contributed by atoms with van der Waals surface area (Å²) >= 11 is 0. The molecule has 0 spiro atoms. The Labute approximate surface area is 165 Å². The maximum Gasteiger partial charge on any atom is 0.258 e. The zero-order chi connectivity index (χ0) is 19.9. The van der Waals surface area contributed by atoms with Crippen molar-refractivity contribution in [3.05, 3.63) is 77.1 Å². The van der Waals surface area contributed by atoms with Gasteiger partial charge in [-0.3, -0.25) is 4.79 Å². The number of anilines is 2. The van der Waals surface area contributed by atoms with Gasteiger partial charge in [-0.1, -0.05) is 29.8 Å². The summed E-state index contributed by atoms with van der Waals surface area (Å²) in [5.41, 5.74) is 4.57. The Bertz CT molecular complexity index is 938. The van der Waals surface area contributed by atoms with E-state index in [0.717, 1.165) is 29.0 Å². The highest BCUT2D eigenvalue weighted by Gasteiger charge is 2.09. The molecule has 3 rings (SSSR count). The van der Waals surface area contributed by atoms with Gasteiger partial charge < -0.3 is 15.4 Å². The first-order valence-electron chi connectivity index (χ1n) is 9.12. The average Bonchev–Trinajstić information content (AvgIpc) is 2.71. The summed E-state index contributed by atoms with van der Waals surface area (Å²) in [5, 5.41) is 6.07. The number of rotatable bonds is 7. The van der Waals surface area contributed by atoms with Crippen LogP contribution < -0.4 is 15.4 Å². The summed E-state index contributed by atoms with van der Waals surface area (Å²) in [6.45, 7) is 4.68. The number of carbonyl (C=O) groups excluding carboxylic acids is 1. The molecule has 0 bridgehead atoms. The molecule has 0 aliphatic carbocycles. The Morgan fingerprint density at radius 3 is 2.39 bits per heavy atom. The largest absolute Gasteiger partial charge is 0.497 e. The van der Waals surface area contributed by atoms with Crippen LogP contribution in [0.5, 0.6) is 5.75 Å². The lowest BCUT2D eigenvalue weighted by molar-refractivity contribution is 0.102. The van der Waals surface area contributed by atoms with Crippen LogP contribution in [-0.4, -0.2) is 29.5 Å². The van der Waals surface area contributed by atoms with Gasteiger partial charge in [0, 0.05) is 24.6 Å². The Balaban J connectivity index is 1.53. The molecule has 0 aliphatic heterocycles. The summed E-state index contributed by atoms with van der Waals surface area (Å²) in [4.78, 5) is 20.9. The third-order valence-corrected chi connectivity index (χ3v) is 4.40. The van der Waals surface area contributed by atoms with E-state index in [0.29, 0.717) is 18.1 Å². The highest BCUT2D eigenvalue weighted by molar-refractivity contribution is 6.04. The van der Waals surface area contributed by atoms with Crippen molar-refractivity contribution in [3.8, 4) is 5.75 Å². The summed E-state index contributed by atoms with van der Waals surface area (Å²) in [6, 6.07) is 13.8. The molecule has 0 atom stereocenters. The molecule has 6 heteroatoms. The van der Waals surface area contributed by atoms with E-state index in [4.69, 9.17) is 4.74 Å². The van der Waals surface area contributed by atoms with Crippen molar-refractivity contribution in [2.45, 2.75) is 20.3 Å². The molecule has 2 aromatic carbocycles. The zero-order valence-corrected chi connectivity index (χ0v) is 16.3. The maximum absolute atomic E-state index is 12.4. The Hall–Kier alpha value is -3.41. The van der Waals surface area contributed by atoms with Crippen molar-refractivity contribution in [3.63, 3.8) is 0 Å². The smallest absolute Gasteiger partial charge is 0.258 e. The van der Waals surface area contributed by atoms with Crippen molar-refractivity contribution >= 4 is 17.5 Å². The number of amides is 1. The number of aryl methyl sites for hydroxylation is 2. The fourth-order valence-corrected chi connectivity index (χ4v) is 2.80. The Morgan fingerprint density at radius 1 is 1.04 bits per heavy atom. The number of methoxy groups -OCH3 is 1. The fourth-order valence-electron chi connectivity index (χ4n) is 2.80. The molecule has 0 radical (unpaired) electrons. The van der Waals surface area contributed by atoms with E-state index in [1.165, 1.54) is 18.0 Å². The van der Waals surface area contributed by atoms with Gasteiger partial charge in [0.1, 0.15) is 5.75 Å². The topological polar surface area (TPSA) is 76.1 Å². The number of nitrogens with zero attached hydrogens (tertiary/aromatic N) is 2. The molecule has 2 N–H and O–H groups in total. The molecule has 1 aromatic heterocycles. The Kier molecular flexibility index (Phi) is 6.22. The maximum atomic E-state index is 12.4. The van der Waals surface area contributed by atoms with E-state index in [2.05, 4.69) is 20.6 Å². The predicted molar refractivity (Wildman–Crippen MR) is 111 cm³/mol. The van der Waals surface area contributed by atoms with Gasteiger partial charge in [0.05, 0.1) is 12.7 Å². The predicted octanol–water partition coefficient (Wildman–Crippen LogP) is 4.01. The van der Waals surface area contributed by atoms with Crippen LogP contribution in [0.3, 0.4) is 0 Å². The second kappa shape index (κ2) is 8.99. The third kappa shape index (κ3) is 5.07. The van der Waals surface area contributed by atoms with E-state index in [9.17, 15) is 4.79 Å². The second-order valence-corrected chi connectivity index (χ2v) is 6.59. The SMILES string of the molecule is COc1ccc(CCNc2ncc(C(=O)Nc3ccc(C)cc3C)cn2)cc1. The number of benzene rings is 2. The van der Waals surface area contributed by atoms with Gasteiger partial charge in [0.15, 0.2) is 0 Å². The van der Waals surface area contributed by atoms with Crippen LogP contribution in [0.25, 0.3) is 0 Å². The van der Waals surface area contributed by atoms with Gasteiger partial charge in [-0.25, -0.2) is 9.97 Å². The number of ether oxygens (including phenoxy) is 1. The van der Waals surface area contributed by atoms with E-state index in [-0.39, 0.29) is 5.91 Å². The van der Waals surface area contributed by atoms with Gasteiger partial charge in [-0.15, -0.1) is 0 Å². The van der Waals surface area contributed by atoms with E-state index in [1.807, 2.05) is 56.3 Å². The highest BCUT2D eigenvalue weighted by atomic mass is 16.5. The molecule has 144 valence electrons. The van der Waals surface area contributed by atoms with E-state index < -0.39 is 0 Å². The molecule has 0 unspecified atom stereocenters. The number of hydrogen-bond donors (Lipinski definition) is 2. The third-order valence-electron chi connectivity index (χ3n) is 4.40. The highest BCUT2D eigenvalue weighted by Crippen LogP contribution is 2.17. The summed E-state index contributed by atoms with van der Waals surface area (Å²) in [7, 11) is 1.65. The van der Waals surface area contributed by atoms with Crippen molar-refractivity contribution in [1.29, 1.82) is 0 Å². The minimum absolute atomic E-state index is 0.225. The molecule has 0 aliphatic rings. The standard InChI is InChI=1S/C22H24N4O2/c1-15-4-9-20(16(2)12-15)26-21(27)18-13-24-22(25-14-18)23-11-10-17-5-7-19(28-3)8-6-17/h4-9,12-14H,10-11H2,1-3H3,(H,26,27)(H,23,24,25). The van der Waals surface area contributed by atoms with Gasteiger partial charge in [0.25, 0.3) is 5.91 Å². The molecule has 1 amide bonds. The van der Waals surface area contributed by atoms with Crippen LogP contribution in [0.1, 0.15) is 27.0 Å². The first kappa shape index (κ1) is 19.4. The summed E-state index contributed by atoms with van der Waals surface area (Å²) in [6.07, 6.45) is 3.89. The van der Waals surface area contributed by atoms with Gasteiger partial charge in [-0.05, 0) is 49.6 Å². The lowest BCUT2D eigenvalue weighted by atomic mass is 10.1. The number of aromatic nitrogens is 2. The molecule has 6 nitrogen and oxygen atoms in total. The first-order valence-corrected chi connectivity index (χ1v) is 9.12. The van der Waals surface area contributed by atoms with Gasteiger partial charge in [-0.2, -0.15) is 0 Å². The fraction of sp³-hybridized carbons (Fsp3) is 0.227. The van der Waals surface area contributed by atoms with Crippen LogP contribution in [0.15, 0.2) is 54.9 Å². The molecular formula is C22H24N4O2. The van der Waals surface area contributed by atoms with Crippen LogP contribution >= 0.6 is 0 Å². The summed E-state index contributed by atoms with van der Waals surface area (Å²) in [5.74, 6) is 1.11. The first-order chi connectivity index (χ1) is 13.5. The van der Waals surface area contributed by atoms with E-state index >= 15 is 0 Å². The lowest BCUT2D eigenvalue weighted by Gasteiger charge is -2.09. The van der Waals surface area contributed by atoms with Crippen LogP contribution in [0, 0.1) is 13.8 Å². The van der Waals surface area contributed by atoms with E-state index in [1.54, 1.807) is 7.11 Å². The Morgan fingerprint density at radius 2 is 1.75 bits per heavy atom. The molecule has 0 saturated carbocycles. The molecule has 1 heterocycles. The number of nitrogens with one attached hydrogen (secondary N) is 2. The molecule has 0 fully saturated rings. The molecular weight excluding hydrogens is 352 g/mol. The normalized spacial score (nSPS) is 10.4. The van der Waals surface area contributed by atoms with Gasteiger partial charge in [0.2, 0.25) is 5.95 Å². The minimum atomic E-state index is -0.225. The molecule has 28 heavy (non-hydrogen) atoms. The monoisotopic (exact) mass is 376 g/mol. The number of hydrogen-bond acceptors (Lipinski definition) is 5. The van der Waals surface area contributed by atoms with Crippen LogP contribution in [0.2, 0.25) is 0 Å². The molecule has 0 saturated heterocycles. The minimum Gasteiger partial charge on any atom is -0.497 e. The van der Waals surface area contributed by atoms with Gasteiger partial charge >= 0.3 is 0 Å². The van der Waals surface area contributed by atoms with Crippen molar-refractivity contribution in [1.82, 2.24) is 9.97 Å². The quantitative estimate of drug-likeness (QED) is 0.652.